The maximum Gasteiger partial charge on any atom is 0.250 e. The molecule has 2 aromatic heterocycles. The Hall–Kier alpha value is -2.70. The Balaban J connectivity index is 1.32. The molecule has 7 nitrogen and oxygen atoms in total. The van der Waals surface area contributed by atoms with Gasteiger partial charge in [0, 0.05) is 62.8 Å². The molecule has 2 aromatic rings. The summed E-state index contributed by atoms with van der Waals surface area (Å²) in [4.78, 5) is 38.4. The SMILES string of the molecule is O=C([C@H]1CCCN(c2ncccn2)C1)N1C[C@@H]2C[C@H](C1)c1cccc(=O)n1C2. The predicted octanol–water partition coefficient (Wildman–Crippen LogP) is 1.50. The van der Waals surface area contributed by atoms with Crippen LogP contribution in [0.25, 0.3) is 0 Å². The molecule has 0 spiro atoms. The fraction of sp³-hybridized carbons (Fsp3) is 0.524. The summed E-state index contributed by atoms with van der Waals surface area (Å²) in [6.07, 6.45) is 6.47. The molecule has 3 aliphatic rings. The first-order valence-corrected chi connectivity index (χ1v) is 10.2. The number of rotatable bonds is 2. The Morgan fingerprint density at radius 2 is 1.89 bits per heavy atom. The summed E-state index contributed by atoms with van der Waals surface area (Å²) in [6.45, 7) is 3.79. The van der Waals surface area contributed by atoms with E-state index in [1.807, 2.05) is 22.8 Å². The number of pyridine rings is 1. The van der Waals surface area contributed by atoms with Gasteiger partial charge in [0.15, 0.2) is 0 Å². The van der Waals surface area contributed by atoms with Gasteiger partial charge in [0.25, 0.3) is 5.56 Å². The number of hydrogen-bond donors (Lipinski definition) is 0. The summed E-state index contributed by atoms with van der Waals surface area (Å²) in [6, 6.07) is 7.33. The molecule has 0 aromatic carbocycles. The third-order valence-electron chi connectivity index (χ3n) is 6.40. The molecule has 0 N–H and O–H groups in total. The fourth-order valence-electron chi connectivity index (χ4n) is 5.15. The molecular formula is C21H25N5O2. The Labute approximate surface area is 164 Å². The second-order valence-electron chi connectivity index (χ2n) is 8.28. The van der Waals surface area contributed by atoms with Crippen molar-refractivity contribution in [2.45, 2.75) is 31.7 Å². The van der Waals surface area contributed by atoms with Crippen LogP contribution < -0.4 is 10.5 Å². The summed E-state index contributed by atoms with van der Waals surface area (Å²) in [5.41, 5.74) is 1.17. The first-order valence-electron chi connectivity index (χ1n) is 10.2. The highest BCUT2D eigenvalue weighted by atomic mass is 16.2. The van der Waals surface area contributed by atoms with Gasteiger partial charge < -0.3 is 14.4 Å². The molecule has 7 heteroatoms. The van der Waals surface area contributed by atoms with Crippen LogP contribution in [-0.4, -0.2) is 51.5 Å². The second-order valence-corrected chi connectivity index (χ2v) is 8.28. The molecule has 0 saturated carbocycles. The van der Waals surface area contributed by atoms with E-state index in [0.717, 1.165) is 51.1 Å². The first kappa shape index (κ1) is 17.4. The summed E-state index contributed by atoms with van der Waals surface area (Å²) < 4.78 is 1.91. The number of hydrogen-bond acceptors (Lipinski definition) is 5. The van der Waals surface area contributed by atoms with Crippen LogP contribution in [0.4, 0.5) is 5.95 Å². The normalized spacial score (nSPS) is 26.6. The molecule has 0 unspecified atom stereocenters. The van der Waals surface area contributed by atoms with Crippen LogP contribution in [-0.2, 0) is 11.3 Å². The van der Waals surface area contributed by atoms with Crippen molar-refractivity contribution in [2.24, 2.45) is 11.8 Å². The van der Waals surface area contributed by atoms with E-state index in [4.69, 9.17) is 0 Å². The Morgan fingerprint density at radius 3 is 2.75 bits per heavy atom. The van der Waals surface area contributed by atoms with E-state index in [9.17, 15) is 9.59 Å². The quantitative estimate of drug-likeness (QED) is 0.791. The van der Waals surface area contributed by atoms with Crippen LogP contribution in [0.1, 0.15) is 30.9 Å². The van der Waals surface area contributed by atoms with Crippen molar-refractivity contribution in [1.29, 1.82) is 0 Å². The van der Waals surface area contributed by atoms with Crippen molar-refractivity contribution in [3.63, 3.8) is 0 Å². The monoisotopic (exact) mass is 379 g/mol. The van der Waals surface area contributed by atoms with Crippen molar-refractivity contribution >= 4 is 11.9 Å². The van der Waals surface area contributed by atoms with Gasteiger partial charge in [0.05, 0.1) is 5.92 Å². The maximum atomic E-state index is 13.3. The summed E-state index contributed by atoms with van der Waals surface area (Å²) >= 11 is 0. The van der Waals surface area contributed by atoms with Crippen molar-refractivity contribution < 1.29 is 4.79 Å². The zero-order valence-electron chi connectivity index (χ0n) is 15.9. The van der Waals surface area contributed by atoms with Gasteiger partial charge in [-0.1, -0.05) is 6.07 Å². The molecule has 5 rings (SSSR count). The Bertz CT molecular complexity index is 928. The van der Waals surface area contributed by atoms with Gasteiger partial charge in [0.2, 0.25) is 11.9 Å². The minimum atomic E-state index is -0.00523. The molecule has 146 valence electrons. The molecule has 2 bridgehead atoms. The van der Waals surface area contributed by atoms with Crippen LogP contribution in [0.5, 0.6) is 0 Å². The zero-order chi connectivity index (χ0) is 19.1. The molecule has 2 saturated heterocycles. The number of nitrogens with zero attached hydrogens (tertiary/aromatic N) is 5. The molecule has 3 atom stereocenters. The number of carbonyl (C=O) groups excluding carboxylic acids is 1. The molecule has 0 radical (unpaired) electrons. The molecule has 2 fully saturated rings. The number of carbonyl (C=O) groups is 1. The van der Waals surface area contributed by atoms with Crippen molar-refractivity contribution in [3.8, 4) is 0 Å². The molecule has 5 heterocycles. The van der Waals surface area contributed by atoms with Crippen LogP contribution in [0.15, 0.2) is 41.5 Å². The van der Waals surface area contributed by atoms with E-state index in [1.54, 1.807) is 18.5 Å². The second kappa shape index (κ2) is 7.04. The fourth-order valence-corrected chi connectivity index (χ4v) is 5.15. The van der Waals surface area contributed by atoms with Gasteiger partial charge in [-0.25, -0.2) is 9.97 Å². The number of aromatic nitrogens is 3. The van der Waals surface area contributed by atoms with Crippen molar-refractivity contribution in [1.82, 2.24) is 19.4 Å². The predicted molar refractivity (Wildman–Crippen MR) is 105 cm³/mol. The number of fused-ring (bicyclic) bond motifs is 4. The van der Waals surface area contributed by atoms with E-state index in [1.165, 1.54) is 0 Å². The lowest BCUT2D eigenvalue weighted by molar-refractivity contribution is -0.138. The number of anilines is 1. The average molecular weight is 379 g/mol. The Morgan fingerprint density at radius 1 is 1.04 bits per heavy atom. The van der Waals surface area contributed by atoms with Crippen molar-refractivity contribution in [3.05, 3.63) is 52.7 Å². The number of amides is 1. The van der Waals surface area contributed by atoms with Gasteiger partial charge in [-0.15, -0.1) is 0 Å². The van der Waals surface area contributed by atoms with Crippen LogP contribution in [0.3, 0.4) is 0 Å². The van der Waals surface area contributed by atoms with Crippen molar-refractivity contribution in [2.75, 3.05) is 31.1 Å². The standard InChI is InChI=1S/C21H25N5O2/c27-19-6-1-5-18-17-10-15(12-26(18)19)11-25(14-17)20(28)16-4-2-9-24(13-16)21-22-7-3-8-23-21/h1,3,5-8,15-17H,2,4,9-14H2/t15-,16-,17+/m0/s1. The number of piperidine rings is 2. The van der Waals surface area contributed by atoms with Crippen LogP contribution >= 0.6 is 0 Å². The van der Waals surface area contributed by atoms with Gasteiger partial charge in [-0.3, -0.25) is 9.59 Å². The largest absolute Gasteiger partial charge is 0.341 e. The molecule has 28 heavy (non-hydrogen) atoms. The minimum Gasteiger partial charge on any atom is -0.341 e. The van der Waals surface area contributed by atoms with Gasteiger partial charge >= 0.3 is 0 Å². The van der Waals surface area contributed by atoms with E-state index < -0.39 is 0 Å². The summed E-state index contributed by atoms with van der Waals surface area (Å²) in [5, 5.41) is 0. The minimum absolute atomic E-state index is 0.00523. The highest BCUT2D eigenvalue weighted by Crippen LogP contribution is 2.36. The molecule has 0 aliphatic carbocycles. The lowest BCUT2D eigenvalue weighted by atomic mass is 9.82. The lowest BCUT2D eigenvalue weighted by Crippen LogP contribution is -2.52. The molecule has 3 aliphatic heterocycles. The molecule has 1 amide bonds. The maximum absolute atomic E-state index is 13.3. The van der Waals surface area contributed by atoms with E-state index >= 15 is 0 Å². The van der Waals surface area contributed by atoms with E-state index in [0.29, 0.717) is 18.4 Å². The van der Waals surface area contributed by atoms with E-state index in [2.05, 4.69) is 19.8 Å². The van der Waals surface area contributed by atoms with Crippen LogP contribution in [0, 0.1) is 11.8 Å². The van der Waals surface area contributed by atoms with Crippen LogP contribution in [0.2, 0.25) is 0 Å². The summed E-state index contributed by atoms with van der Waals surface area (Å²) in [7, 11) is 0. The lowest BCUT2D eigenvalue weighted by Gasteiger charge is -2.44. The summed E-state index contributed by atoms with van der Waals surface area (Å²) in [5.74, 6) is 1.59. The Kier molecular flexibility index (Phi) is 4.37. The third-order valence-corrected chi connectivity index (χ3v) is 6.40. The third kappa shape index (κ3) is 3.08. The highest BCUT2D eigenvalue weighted by molar-refractivity contribution is 5.80. The zero-order valence-corrected chi connectivity index (χ0v) is 15.9. The molecular weight excluding hydrogens is 354 g/mol. The highest BCUT2D eigenvalue weighted by Gasteiger charge is 2.39. The number of likely N-dealkylation sites (tertiary alicyclic amines) is 1. The van der Waals surface area contributed by atoms with Gasteiger partial charge in [-0.05, 0) is 37.3 Å². The van der Waals surface area contributed by atoms with Gasteiger partial charge in [0.1, 0.15) is 0 Å². The first-order chi connectivity index (χ1) is 13.7. The average Bonchev–Trinajstić information content (AvgIpc) is 2.75. The topological polar surface area (TPSA) is 71.3 Å². The smallest absolute Gasteiger partial charge is 0.250 e. The van der Waals surface area contributed by atoms with Gasteiger partial charge in [-0.2, -0.15) is 0 Å². The van der Waals surface area contributed by atoms with E-state index in [-0.39, 0.29) is 23.3 Å².